The highest BCUT2D eigenvalue weighted by Gasteiger charge is 2.26. The molecule has 1 N–H and O–H groups in total. The lowest BCUT2D eigenvalue weighted by atomic mass is 10.0. The summed E-state index contributed by atoms with van der Waals surface area (Å²) < 4.78 is 10.8. The number of aliphatic carboxylic acids is 1. The topological polar surface area (TPSA) is 72.8 Å². The molecule has 0 spiro atoms. The fourth-order valence-corrected chi connectivity index (χ4v) is 1.97. The van der Waals surface area contributed by atoms with Gasteiger partial charge >= 0.3 is 5.97 Å². The van der Waals surface area contributed by atoms with Gasteiger partial charge in [-0.05, 0) is 34.5 Å². The number of Topliss-reactive ketones (excluding diaryl/α,β-unsaturated/α-hetero) is 1. The number of carboxylic acids is 1. The molecule has 0 amide bonds. The number of ether oxygens (including phenoxy) is 2. The van der Waals surface area contributed by atoms with Crippen molar-refractivity contribution in [3.63, 3.8) is 0 Å². The summed E-state index contributed by atoms with van der Waals surface area (Å²) in [6.07, 6.45) is 0. The summed E-state index contributed by atoms with van der Waals surface area (Å²) >= 11 is 3.25. The van der Waals surface area contributed by atoms with Crippen LogP contribution in [0.3, 0.4) is 0 Å². The van der Waals surface area contributed by atoms with E-state index in [-0.39, 0.29) is 12.4 Å². The third-order valence-electron chi connectivity index (χ3n) is 2.29. The minimum absolute atomic E-state index is 0.0675. The molecule has 0 radical (unpaired) electrons. The number of halogens is 1. The molecule has 2 rings (SSSR count). The molecule has 84 valence electrons. The molecular formula is C10H7BrO5. The molecule has 0 aliphatic carbocycles. The summed E-state index contributed by atoms with van der Waals surface area (Å²) in [5.41, 5.74) is 0.625. The van der Waals surface area contributed by atoms with Crippen molar-refractivity contribution in [1.29, 1.82) is 0 Å². The lowest BCUT2D eigenvalue weighted by molar-refractivity contribution is -0.131. The number of carbonyl (C=O) groups is 2. The minimum atomic E-state index is -1.49. The first-order valence-electron chi connectivity index (χ1n) is 4.38. The second kappa shape index (κ2) is 3.79. The van der Waals surface area contributed by atoms with E-state index in [9.17, 15) is 9.59 Å². The molecule has 1 aromatic rings. The largest absolute Gasteiger partial charge is 0.475 e. The monoisotopic (exact) mass is 286 g/mol. The van der Waals surface area contributed by atoms with Crippen molar-refractivity contribution in [2.75, 3.05) is 6.79 Å². The summed E-state index contributed by atoms with van der Waals surface area (Å²) in [7, 11) is 0. The molecule has 0 saturated heterocycles. The van der Waals surface area contributed by atoms with Gasteiger partial charge in [-0.25, -0.2) is 4.79 Å². The fraction of sp³-hybridized carbons (Fsp3) is 0.200. The third-order valence-corrected chi connectivity index (χ3v) is 3.24. The number of hydrogen-bond donors (Lipinski definition) is 1. The van der Waals surface area contributed by atoms with Gasteiger partial charge in [-0.15, -0.1) is 0 Å². The Kier molecular flexibility index (Phi) is 2.59. The van der Waals surface area contributed by atoms with E-state index < -0.39 is 11.8 Å². The molecule has 0 bridgehead atoms. The maximum atomic E-state index is 11.4. The third kappa shape index (κ3) is 1.55. The smallest absolute Gasteiger partial charge is 0.377 e. The second-order valence-electron chi connectivity index (χ2n) is 3.23. The highest BCUT2D eigenvalue weighted by Crippen LogP contribution is 2.42. The average Bonchev–Trinajstić information content (AvgIpc) is 2.70. The Morgan fingerprint density at radius 3 is 2.75 bits per heavy atom. The summed E-state index contributed by atoms with van der Waals surface area (Å²) in [4.78, 5) is 22.0. The van der Waals surface area contributed by atoms with Gasteiger partial charge in [0.15, 0.2) is 11.5 Å². The normalized spacial score (nSPS) is 12.6. The number of hydrogen-bond acceptors (Lipinski definition) is 4. The highest BCUT2D eigenvalue weighted by atomic mass is 79.9. The van der Waals surface area contributed by atoms with Crippen LogP contribution in [0.1, 0.15) is 15.9 Å². The number of ketones is 1. The highest BCUT2D eigenvalue weighted by molar-refractivity contribution is 9.10. The first kappa shape index (κ1) is 10.9. The van der Waals surface area contributed by atoms with Crippen LogP contribution >= 0.6 is 15.9 Å². The number of rotatable bonds is 2. The Bertz CT molecular complexity index is 494. The molecule has 6 heteroatoms. The molecule has 16 heavy (non-hydrogen) atoms. The van der Waals surface area contributed by atoms with Crippen LogP contribution in [-0.2, 0) is 4.79 Å². The van der Waals surface area contributed by atoms with Crippen molar-refractivity contribution in [2.45, 2.75) is 6.92 Å². The van der Waals surface area contributed by atoms with E-state index in [1.54, 1.807) is 6.92 Å². The Labute approximate surface area is 99.1 Å². The number of carbonyl (C=O) groups excluding carboxylic acids is 1. The first-order chi connectivity index (χ1) is 7.52. The quantitative estimate of drug-likeness (QED) is 0.662. The number of carboxylic acid groups (broad SMARTS) is 1. The van der Waals surface area contributed by atoms with Gasteiger partial charge < -0.3 is 14.6 Å². The molecule has 0 unspecified atom stereocenters. The lowest BCUT2D eigenvalue weighted by Crippen LogP contribution is -2.14. The van der Waals surface area contributed by atoms with Gasteiger partial charge in [0.1, 0.15) is 0 Å². The molecule has 0 saturated carbocycles. The van der Waals surface area contributed by atoms with Crippen molar-refractivity contribution in [3.8, 4) is 11.5 Å². The maximum absolute atomic E-state index is 11.4. The molecule has 1 aliphatic heterocycles. The van der Waals surface area contributed by atoms with Crippen molar-refractivity contribution in [3.05, 3.63) is 21.7 Å². The van der Waals surface area contributed by atoms with Crippen LogP contribution in [-0.4, -0.2) is 23.7 Å². The van der Waals surface area contributed by atoms with Crippen molar-refractivity contribution >= 4 is 27.7 Å². The zero-order valence-corrected chi connectivity index (χ0v) is 9.83. The zero-order chi connectivity index (χ0) is 11.9. The summed E-state index contributed by atoms with van der Waals surface area (Å²) in [5, 5.41) is 8.66. The van der Waals surface area contributed by atoms with E-state index in [2.05, 4.69) is 15.9 Å². The van der Waals surface area contributed by atoms with E-state index in [1.165, 1.54) is 6.07 Å². The fourth-order valence-electron chi connectivity index (χ4n) is 1.45. The first-order valence-corrected chi connectivity index (χ1v) is 5.18. The van der Waals surface area contributed by atoms with Crippen molar-refractivity contribution < 1.29 is 24.2 Å². The van der Waals surface area contributed by atoms with Crippen LogP contribution < -0.4 is 9.47 Å². The predicted molar refractivity (Wildman–Crippen MR) is 57.0 cm³/mol. The molecule has 1 heterocycles. The maximum Gasteiger partial charge on any atom is 0.377 e. The van der Waals surface area contributed by atoms with Gasteiger partial charge in [0.25, 0.3) is 5.78 Å². The molecule has 5 nitrogen and oxygen atoms in total. The Morgan fingerprint density at radius 2 is 2.12 bits per heavy atom. The van der Waals surface area contributed by atoms with E-state index in [4.69, 9.17) is 14.6 Å². The predicted octanol–water partition coefficient (Wildman–Crippen LogP) is 1.75. The van der Waals surface area contributed by atoms with E-state index in [0.717, 1.165) is 0 Å². The molecule has 0 fully saturated rings. The van der Waals surface area contributed by atoms with Gasteiger partial charge in [0.2, 0.25) is 6.79 Å². The molecule has 1 aromatic carbocycles. The van der Waals surface area contributed by atoms with Crippen LogP contribution in [0.15, 0.2) is 10.5 Å². The summed E-state index contributed by atoms with van der Waals surface area (Å²) in [5.74, 6) is -1.58. The van der Waals surface area contributed by atoms with Crippen LogP contribution in [0, 0.1) is 6.92 Å². The Balaban J connectivity index is 2.60. The van der Waals surface area contributed by atoms with Gasteiger partial charge in [-0.3, -0.25) is 4.79 Å². The SMILES string of the molecule is Cc1c(C(=O)C(=O)O)cc2c(c1Br)OCO2. The zero-order valence-electron chi connectivity index (χ0n) is 8.24. The number of benzene rings is 1. The number of fused-ring (bicyclic) bond motifs is 1. The molecular weight excluding hydrogens is 280 g/mol. The Hall–Kier alpha value is -1.56. The van der Waals surface area contributed by atoms with Gasteiger partial charge in [0, 0.05) is 5.56 Å². The van der Waals surface area contributed by atoms with Gasteiger partial charge in [0.05, 0.1) is 4.47 Å². The van der Waals surface area contributed by atoms with E-state index in [1.807, 2.05) is 0 Å². The summed E-state index contributed by atoms with van der Waals surface area (Å²) in [6.45, 7) is 1.71. The van der Waals surface area contributed by atoms with E-state index >= 15 is 0 Å². The minimum Gasteiger partial charge on any atom is -0.475 e. The molecule has 0 aromatic heterocycles. The van der Waals surface area contributed by atoms with Gasteiger partial charge in [-0.2, -0.15) is 0 Å². The van der Waals surface area contributed by atoms with Crippen molar-refractivity contribution in [2.24, 2.45) is 0 Å². The van der Waals surface area contributed by atoms with Crippen LogP contribution in [0.25, 0.3) is 0 Å². The van der Waals surface area contributed by atoms with Crippen LogP contribution in [0.4, 0.5) is 0 Å². The average molecular weight is 287 g/mol. The van der Waals surface area contributed by atoms with Crippen molar-refractivity contribution in [1.82, 2.24) is 0 Å². The second-order valence-corrected chi connectivity index (χ2v) is 4.02. The van der Waals surface area contributed by atoms with E-state index in [0.29, 0.717) is 21.5 Å². The lowest BCUT2D eigenvalue weighted by Gasteiger charge is -2.07. The van der Waals surface area contributed by atoms with Crippen LogP contribution in [0.2, 0.25) is 0 Å². The summed E-state index contributed by atoms with van der Waals surface area (Å²) in [6, 6.07) is 1.39. The van der Waals surface area contributed by atoms with Crippen LogP contribution in [0.5, 0.6) is 11.5 Å². The van der Waals surface area contributed by atoms with Gasteiger partial charge in [-0.1, -0.05) is 0 Å². The molecule has 0 atom stereocenters. The Morgan fingerprint density at radius 1 is 1.44 bits per heavy atom. The molecule has 1 aliphatic rings. The standard InChI is InChI=1S/C10H7BrO5/c1-4-5(8(12)10(13)14)2-6-9(7(4)11)16-3-15-6/h2H,3H2,1H3,(H,13,14).